The largest absolute Gasteiger partial charge is 0.371 e. The average Bonchev–Trinajstić information content (AvgIpc) is 3.50. The number of Topliss-reactive ketones (excluding diaryl/α,β-unsaturated/α-hetero) is 1. The molecule has 0 aliphatic carbocycles. The van der Waals surface area contributed by atoms with E-state index in [0.29, 0.717) is 30.9 Å². The van der Waals surface area contributed by atoms with E-state index in [4.69, 9.17) is 4.74 Å². The van der Waals surface area contributed by atoms with Crippen LogP contribution >= 0.6 is 11.3 Å². The molecule has 0 aliphatic rings. The van der Waals surface area contributed by atoms with E-state index in [1.807, 2.05) is 61.5 Å². The zero-order chi connectivity index (χ0) is 22.9. The lowest BCUT2D eigenvalue weighted by atomic mass is 10.1. The van der Waals surface area contributed by atoms with Crippen LogP contribution in [0.4, 0.5) is 0 Å². The van der Waals surface area contributed by atoms with Gasteiger partial charge in [0.2, 0.25) is 5.91 Å². The molecule has 0 fully saturated rings. The number of ketones is 1. The first-order chi connectivity index (χ1) is 16.0. The minimum absolute atomic E-state index is 0.0512. The Morgan fingerprint density at radius 3 is 2.64 bits per heavy atom. The molecule has 166 valence electrons. The number of fused-ring (bicyclic) bond motifs is 2. The van der Waals surface area contributed by atoms with Crippen LogP contribution in [0.3, 0.4) is 0 Å². The fourth-order valence-corrected chi connectivity index (χ4v) is 5.09. The molecule has 0 saturated carbocycles. The van der Waals surface area contributed by atoms with Crippen LogP contribution in [-0.2, 0) is 18.0 Å². The normalized spacial score (nSPS) is 11.5. The summed E-state index contributed by atoms with van der Waals surface area (Å²) >= 11 is 1.61. The van der Waals surface area contributed by atoms with Gasteiger partial charge in [-0.3, -0.25) is 19.3 Å². The zero-order valence-electron chi connectivity index (χ0n) is 18.4. The van der Waals surface area contributed by atoms with E-state index in [-0.39, 0.29) is 11.7 Å². The molecule has 0 amide bonds. The molecule has 0 unspecified atom stereocenters. The SMILES string of the molecule is CCC(=O)c1ccc2cc(-c3n[nH]c4cc(COCc5ccccc5)sc34)n(C(C)=O)c2c1. The first kappa shape index (κ1) is 21.3. The maximum atomic E-state index is 12.6. The summed E-state index contributed by atoms with van der Waals surface area (Å²) in [6, 6.07) is 19.6. The van der Waals surface area contributed by atoms with Crippen LogP contribution in [0.5, 0.6) is 0 Å². The fourth-order valence-electron chi connectivity index (χ4n) is 4.05. The highest BCUT2D eigenvalue weighted by atomic mass is 32.1. The van der Waals surface area contributed by atoms with E-state index in [2.05, 4.69) is 10.2 Å². The molecule has 0 spiro atoms. The van der Waals surface area contributed by atoms with E-state index in [1.54, 1.807) is 22.0 Å². The van der Waals surface area contributed by atoms with Crippen molar-refractivity contribution < 1.29 is 14.3 Å². The van der Waals surface area contributed by atoms with Crippen LogP contribution in [0, 0.1) is 0 Å². The van der Waals surface area contributed by atoms with Crippen molar-refractivity contribution >= 4 is 44.1 Å². The molecule has 0 bridgehead atoms. The van der Waals surface area contributed by atoms with Gasteiger partial charge in [0.25, 0.3) is 0 Å². The molecule has 0 aliphatic heterocycles. The molecular formula is C26H23N3O3S. The van der Waals surface area contributed by atoms with Crippen molar-refractivity contribution in [3.05, 3.63) is 76.7 Å². The van der Waals surface area contributed by atoms with Crippen molar-refractivity contribution in [3.8, 4) is 11.4 Å². The monoisotopic (exact) mass is 457 g/mol. The second-order valence-electron chi connectivity index (χ2n) is 7.94. The van der Waals surface area contributed by atoms with Gasteiger partial charge in [0, 0.05) is 29.2 Å². The highest BCUT2D eigenvalue weighted by molar-refractivity contribution is 7.19. The third kappa shape index (κ3) is 4.01. The standard InChI is InChI=1S/C26H23N3O3S/c1-3-24(31)19-10-9-18-11-23(29(16(2)30)22(18)12-19)25-26-21(27-28-25)13-20(33-26)15-32-14-17-7-5-4-6-8-17/h4-13H,3,14-15H2,1-2H3,(H,27,28). The molecular weight excluding hydrogens is 434 g/mol. The summed E-state index contributed by atoms with van der Waals surface area (Å²) in [7, 11) is 0. The molecule has 0 saturated heterocycles. The minimum Gasteiger partial charge on any atom is -0.371 e. The number of H-pyrrole nitrogens is 1. The lowest BCUT2D eigenvalue weighted by molar-refractivity contribution is 0.0941. The van der Waals surface area contributed by atoms with Gasteiger partial charge in [-0.1, -0.05) is 49.4 Å². The van der Waals surface area contributed by atoms with Crippen LogP contribution in [0.15, 0.2) is 60.7 Å². The van der Waals surface area contributed by atoms with Gasteiger partial charge in [-0.05, 0) is 23.8 Å². The van der Waals surface area contributed by atoms with Crippen molar-refractivity contribution in [3.63, 3.8) is 0 Å². The lowest BCUT2D eigenvalue weighted by Crippen LogP contribution is -2.07. The summed E-state index contributed by atoms with van der Waals surface area (Å²) in [5.74, 6) is -0.0736. The van der Waals surface area contributed by atoms with E-state index >= 15 is 0 Å². The van der Waals surface area contributed by atoms with Crippen molar-refractivity contribution in [1.29, 1.82) is 0 Å². The smallest absolute Gasteiger partial charge is 0.228 e. The Kier molecular flexibility index (Phi) is 5.66. The Hall–Kier alpha value is -3.55. The number of aromatic amines is 1. The number of ether oxygens (including phenoxy) is 1. The van der Waals surface area contributed by atoms with Crippen molar-refractivity contribution in [2.45, 2.75) is 33.5 Å². The topological polar surface area (TPSA) is 77.0 Å². The summed E-state index contributed by atoms with van der Waals surface area (Å²) in [4.78, 5) is 25.9. The number of hydrogen-bond donors (Lipinski definition) is 1. The van der Waals surface area contributed by atoms with Crippen LogP contribution in [0.1, 0.15) is 45.9 Å². The minimum atomic E-state index is -0.125. The Labute approximate surface area is 194 Å². The number of benzene rings is 2. The van der Waals surface area contributed by atoms with E-state index in [9.17, 15) is 9.59 Å². The molecule has 0 atom stereocenters. The van der Waals surface area contributed by atoms with Gasteiger partial charge >= 0.3 is 0 Å². The van der Waals surface area contributed by atoms with E-state index in [1.165, 1.54) is 6.92 Å². The number of thiophene rings is 1. The molecule has 3 heterocycles. The molecule has 7 heteroatoms. The molecule has 5 aromatic rings. The van der Waals surface area contributed by atoms with Gasteiger partial charge in [-0.25, -0.2) is 0 Å². The van der Waals surface area contributed by atoms with E-state index < -0.39 is 0 Å². The van der Waals surface area contributed by atoms with Gasteiger partial charge in [-0.2, -0.15) is 5.10 Å². The summed E-state index contributed by atoms with van der Waals surface area (Å²) in [6.45, 7) is 4.41. The molecule has 6 nitrogen and oxygen atoms in total. The fraction of sp³-hybridized carbons (Fsp3) is 0.192. The molecule has 33 heavy (non-hydrogen) atoms. The number of rotatable bonds is 7. The van der Waals surface area contributed by atoms with Crippen LogP contribution < -0.4 is 0 Å². The predicted molar refractivity (Wildman–Crippen MR) is 131 cm³/mol. The van der Waals surface area contributed by atoms with Crippen LogP contribution in [0.25, 0.3) is 32.5 Å². The maximum Gasteiger partial charge on any atom is 0.228 e. The Morgan fingerprint density at radius 2 is 1.88 bits per heavy atom. The van der Waals surface area contributed by atoms with Crippen LogP contribution in [0.2, 0.25) is 0 Å². The van der Waals surface area contributed by atoms with Crippen molar-refractivity contribution in [2.75, 3.05) is 0 Å². The quantitative estimate of drug-likeness (QED) is 0.295. The number of aromatic nitrogens is 3. The Balaban J connectivity index is 1.49. The Bertz CT molecular complexity index is 1480. The summed E-state index contributed by atoms with van der Waals surface area (Å²) in [6.07, 6.45) is 0.420. The highest BCUT2D eigenvalue weighted by Gasteiger charge is 2.20. The van der Waals surface area contributed by atoms with Crippen molar-refractivity contribution in [1.82, 2.24) is 14.8 Å². The van der Waals surface area contributed by atoms with Gasteiger partial charge in [0.05, 0.1) is 34.6 Å². The molecule has 5 rings (SSSR count). The molecule has 0 radical (unpaired) electrons. The Morgan fingerprint density at radius 1 is 1.06 bits per heavy atom. The number of hydrogen-bond acceptors (Lipinski definition) is 5. The average molecular weight is 458 g/mol. The first-order valence-electron chi connectivity index (χ1n) is 10.8. The van der Waals surface area contributed by atoms with Crippen LogP contribution in [-0.4, -0.2) is 26.5 Å². The number of nitrogens with one attached hydrogen (secondary N) is 1. The van der Waals surface area contributed by atoms with Gasteiger partial charge in [0.1, 0.15) is 5.69 Å². The molecule has 3 aromatic heterocycles. The number of carbonyl (C=O) groups is 2. The zero-order valence-corrected chi connectivity index (χ0v) is 19.2. The highest BCUT2D eigenvalue weighted by Crippen LogP contribution is 2.36. The third-order valence-corrected chi connectivity index (χ3v) is 6.76. The third-order valence-electron chi connectivity index (χ3n) is 5.65. The van der Waals surface area contributed by atoms with Gasteiger partial charge < -0.3 is 4.74 Å². The van der Waals surface area contributed by atoms with Gasteiger partial charge in [-0.15, -0.1) is 11.3 Å². The van der Waals surface area contributed by atoms with Gasteiger partial charge in [0.15, 0.2) is 5.78 Å². The second-order valence-corrected chi connectivity index (χ2v) is 9.08. The number of carbonyl (C=O) groups excluding carboxylic acids is 2. The van der Waals surface area contributed by atoms with E-state index in [0.717, 1.165) is 37.3 Å². The number of nitrogens with zero attached hydrogens (tertiary/aromatic N) is 2. The summed E-state index contributed by atoms with van der Waals surface area (Å²) in [5.41, 5.74) is 4.81. The summed E-state index contributed by atoms with van der Waals surface area (Å²) in [5, 5.41) is 8.50. The molecule has 1 N–H and O–H groups in total. The van der Waals surface area contributed by atoms with Crippen molar-refractivity contribution in [2.24, 2.45) is 0 Å². The maximum absolute atomic E-state index is 12.6. The first-order valence-corrected chi connectivity index (χ1v) is 11.6. The second kappa shape index (κ2) is 8.77. The predicted octanol–water partition coefficient (Wildman–Crippen LogP) is 6.22. The summed E-state index contributed by atoms with van der Waals surface area (Å²) < 4.78 is 8.51. The molecule has 2 aromatic carbocycles. The lowest BCUT2D eigenvalue weighted by Gasteiger charge is -2.06.